The van der Waals surface area contributed by atoms with Gasteiger partial charge in [-0.05, 0) is 28.7 Å². The first-order valence-corrected chi connectivity index (χ1v) is 5.82. The highest BCUT2D eigenvalue weighted by molar-refractivity contribution is 5.70. The highest BCUT2D eigenvalue weighted by Gasteiger charge is 2.05. The first-order valence-electron chi connectivity index (χ1n) is 5.82. The van der Waals surface area contributed by atoms with Crippen LogP contribution >= 0.6 is 0 Å². The van der Waals surface area contributed by atoms with E-state index in [1.807, 2.05) is 24.3 Å². The Kier molecular flexibility index (Phi) is 3.25. The maximum Gasteiger partial charge on any atom is 0.0998 e. The van der Waals surface area contributed by atoms with Gasteiger partial charge in [0.25, 0.3) is 0 Å². The molecule has 2 aromatic carbocycles. The lowest BCUT2D eigenvalue weighted by atomic mass is 9.95. The Balaban J connectivity index is 2.54. The molecule has 0 unspecified atom stereocenters. The van der Waals surface area contributed by atoms with Crippen molar-refractivity contribution in [3.05, 3.63) is 59.7 Å². The average Bonchev–Trinajstić information content (AvgIpc) is 2.39. The molecule has 0 amide bonds. The fraction of sp³-hybridized carbons (Fsp3) is 0.188. The lowest BCUT2D eigenvalue weighted by molar-refractivity contribution is 0.867. The highest BCUT2D eigenvalue weighted by Crippen LogP contribution is 2.26. The van der Waals surface area contributed by atoms with E-state index in [-0.39, 0.29) is 0 Å². The Labute approximate surface area is 102 Å². The summed E-state index contributed by atoms with van der Waals surface area (Å²) in [5, 5.41) is 9.11. The van der Waals surface area contributed by atoms with E-state index in [0.29, 0.717) is 5.92 Å². The van der Waals surface area contributed by atoms with Crippen LogP contribution in [-0.4, -0.2) is 0 Å². The zero-order valence-corrected chi connectivity index (χ0v) is 10.1. The van der Waals surface area contributed by atoms with E-state index >= 15 is 0 Å². The summed E-state index contributed by atoms with van der Waals surface area (Å²) in [6, 6.07) is 18.4. The van der Waals surface area contributed by atoms with Gasteiger partial charge in [-0.3, -0.25) is 0 Å². The van der Waals surface area contributed by atoms with Crippen molar-refractivity contribution >= 4 is 0 Å². The standard InChI is InChI=1S/C16H15N/c1-12(2)13-7-5-8-14(10-13)16-9-4-3-6-15(16)11-17/h3-10,12H,1-2H3. The van der Waals surface area contributed by atoms with Crippen LogP contribution in [0.5, 0.6) is 0 Å². The van der Waals surface area contributed by atoms with Gasteiger partial charge in [-0.2, -0.15) is 5.26 Å². The van der Waals surface area contributed by atoms with Gasteiger partial charge in [0.2, 0.25) is 0 Å². The minimum absolute atomic E-state index is 0.504. The van der Waals surface area contributed by atoms with Crippen molar-refractivity contribution in [1.29, 1.82) is 5.26 Å². The van der Waals surface area contributed by atoms with E-state index in [0.717, 1.165) is 16.7 Å². The Bertz CT molecular complexity index is 562. The number of benzene rings is 2. The molecule has 2 aromatic rings. The molecular formula is C16H15N. The van der Waals surface area contributed by atoms with Gasteiger partial charge < -0.3 is 0 Å². The van der Waals surface area contributed by atoms with Crippen LogP contribution < -0.4 is 0 Å². The molecule has 84 valence electrons. The van der Waals surface area contributed by atoms with Crippen LogP contribution in [0, 0.1) is 11.3 Å². The SMILES string of the molecule is CC(C)c1cccc(-c2ccccc2C#N)c1. The molecular weight excluding hydrogens is 206 g/mol. The third-order valence-electron chi connectivity index (χ3n) is 2.91. The average molecular weight is 221 g/mol. The maximum atomic E-state index is 9.11. The fourth-order valence-corrected chi connectivity index (χ4v) is 1.90. The minimum Gasteiger partial charge on any atom is -0.192 e. The Hall–Kier alpha value is -2.07. The molecule has 0 heterocycles. The quantitative estimate of drug-likeness (QED) is 0.739. The number of rotatable bonds is 2. The van der Waals surface area contributed by atoms with Crippen LogP contribution in [-0.2, 0) is 0 Å². The first kappa shape index (κ1) is 11.4. The highest BCUT2D eigenvalue weighted by atomic mass is 14.2. The molecule has 0 atom stereocenters. The zero-order chi connectivity index (χ0) is 12.3. The summed E-state index contributed by atoms with van der Waals surface area (Å²) < 4.78 is 0. The van der Waals surface area contributed by atoms with E-state index in [4.69, 9.17) is 5.26 Å². The Morgan fingerprint density at radius 1 is 1.00 bits per heavy atom. The number of hydrogen-bond donors (Lipinski definition) is 0. The minimum atomic E-state index is 0.504. The predicted octanol–water partition coefficient (Wildman–Crippen LogP) is 4.35. The number of nitrogens with zero attached hydrogens (tertiary/aromatic N) is 1. The lowest BCUT2D eigenvalue weighted by Gasteiger charge is -2.09. The van der Waals surface area contributed by atoms with Gasteiger partial charge in [0.1, 0.15) is 0 Å². The molecule has 0 spiro atoms. The van der Waals surface area contributed by atoms with E-state index in [1.54, 1.807) is 0 Å². The molecule has 0 N–H and O–H groups in total. The summed E-state index contributed by atoms with van der Waals surface area (Å²) in [5.41, 5.74) is 4.16. The molecule has 0 saturated heterocycles. The number of nitriles is 1. The van der Waals surface area contributed by atoms with Crippen LogP contribution in [0.4, 0.5) is 0 Å². The van der Waals surface area contributed by atoms with Crippen LogP contribution in [0.2, 0.25) is 0 Å². The smallest absolute Gasteiger partial charge is 0.0998 e. The second-order valence-corrected chi connectivity index (χ2v) is 4.44. The van der Waals surface area contributed by atoms with Crippen molar-refractivity contribution in [2.24, 2.45) is 0 Å². The van der Waals surface area contributed by atoms with Crippen molar-refractivity contribution in [3.63, 3.8) is 0 Å². The molecule has 0 aromatic heterocycles. The van der Waals surface area contributed by atoms with Crippen LogP contribution in [0.3, 0.4) is 0 Å². The van der Waals surface area contributed by atoms with Gasteiger partial charge in [0.15, 0.2) is 0 Å². The molecule has 0 aliphatic rings. The second-order valence-electron chi connectivity index (χ2n) is 4.44. The van der Waals surface area contributed by atoms with E-state index in [9.17, 15) is 0 Å². The third kappa shape index (κ3) is 2.37. The summed E-state index contributed by atoms with van der Waals surface area (Å²) in [4.78, 5) is 0. The molecule has 0 radical (unpaired) electrons. The van der Waals surface area contributed by atoms with E-state index < -0.39 is 0 Å². The molecule has 0 aliphatic heterocycles. The van der Waals surface area contributed by atoms with Gasteiger partial charge in [0, 0.05) is 0 Å². The van der Waals surface area contributed by atoms with E-state index in [1.165, 1.54) is 5.56 Å². The number of hydrogen-bond acceptors (Lipinski definition) is 1. The molecule has 0 fully saturated rings. The molecule has 0 aliphatic carbocycles. The molecule has 2 rings (SSSR count). The third-order valence-corrected chi connectivity index (χ3v) is 2.91. The van der Waals surface area contributed by atoms with Crippen molar-refractivity contribution in [2.75, 3.05) is 0 Å². The van der Waals surface area contributed by atoms with E-state index in [2.05, 4.69) is 44.2 Å². The summed E-state index contributed by atoms with van der Waals surface area (Å²) in [5.74, 6) is 0.504. The first-order chi connectivity index (χ1) is 8.22. The molecule has 1 heteroatoms. The van der Waals surface area contributed by atoms with Gasteiger partial charge in [-0.25, -0.2) is 0 Å². The Morgan fingerprint density at radius 3 is 2.47 bits per heavy atom. The normalized spacial score (nSPS) is 10.2. The van der Waals surface area contributed by atoms with Gasteiger partial charge >= 0.3 is 0 Å². The molecule has 17 heavy (non-hydrogen) atoms. The van der Waals surface area contributed by atoms with Crippen molar-refractivity contribution in [2.45, 2.75) is 19.8 Å². The van der Waals surface area contributed by atoms with Crippen LogP contribution in [0.15, 0.2) is 48.5 Å². The van der Waals surface area contributed by atoms with Crippen molar-refractivity contribution in [3.8, 4) is 17.2 Å². The van der Waals surface area contributed by atoms with Crippen LogP contribution in [0.1, 0.15) is 30.9 Å². The maximum absolute atomic E-state index is 9.11. The van der Waals surface area contributed by atoms with Gasteiger partial charge in [-0.15, -0.1) is 0 Å². The van der Waals surface area contributed by atoms with Gasteiger partial charge in [-0.1, -0.05) is 56.3 Å². The van der Waals surface area contributed by atoms with Gasteiger partial charge in [0.05, 0.1) is 11.6 Å². The summed E-state index contributed by atoms with van der Waals surface area (Å²) >= 11 is 0. The fourth-order valence-electron chi connectivity index (χ4n) is 1.90. The van der Waals surface area contributed by atoms with Crippen molar-refractivity contribution in [1.82, 2.24) is 0 Å². The lowest BCUT2D eigenvalue weighted by Crippen LogP contribution is -1.89. The van der Waals surface area contributed by atoms with Crippen molar-refractivity contribution < 1.29 is 0 Å². The topological polar surface area (TPSA) is 23.8 Å². The zero-order valence-electron chi connectivity index (χ0n) is 10.1. The molecule has 0 saturated carbocycles. The second kappa shape index (κ2) is 4.84. The Morgan fingerprint density at radius 2 is 1.76 bits per heavy atom. The predicted molar refractivity (Wildman–Crippen MR) is 70.7 cm³/mol. The van der Waals surface area contributed by atoms with Crippen LogP contribution in [0.25, 0.3) is 11.1 Å². The molecule has 1 nitrogen and oxygen atoms in total. The summed E-state index contributed by atoms with van der Waals surface area (Å²) in [6.45, 7) is 4.35. The summed E-state index contributed by atoms with van der Waals surface area (Å²) in [6.07, 6.45) is 0. The monoisotopic (exact) mass is 221 g/mol. The summed E-state index contributed by atoms with van der Waals surface area (Å²) in [7, 11) is 0. The molecule has 0 bridgehead atoms. The largest absolute Gasteiger partial charge is 0.192 e.